The minimum absolute atomic E-state index is 0.0726. The van der Waals surface area contributed by atoms with E-state index in [1.807, 2.05) is 49.4 Å². The molecule has 1 unspecified atom stereocenters. The minimum Gasteiger partial charge on any atom is -0.493 e. The second kappa shape index (κ2) is 9.61. The minimum atomic E-state index is -0.235. The molecule has 1 fully saturated rings. The normalized spacial score (nSPS) is 17.9. The predicted molar refractivity (Wildman–Crippen MR) is 114 cm³/mol. The van der Waals surface area contributed by atoms with Crippen LogP contribution in [0.25, 0.3) is 0 Å². The van der Waals surface area contributed by atoms with Gasteiger partial charge in [0.25, 0.3) is 0 Å². The van der Waals surface area contributed by atoms with Gasteiger partial charge in [0.2, 0.25) is 5.91 Å². The van der Waals surface area contributed by atoms with Gasteiger partial charge < -0.3 is 14.8 Å². The number of carbonyl (C=O) groups excluding carboxylic acids is 1. The van der Waals surface area contributed by atoms with Crippen LogP contribution in [0.2, 0.25) is 5.02 Å². The van der Waals surface area contributed by atoms with E-state index in [4.69, 9.17) is 21.1 Å². The summed E-state index contributed by atoms with van der Waals surface area (Å²) in [4.78, 5) is 12.2. The van der Waals surface area contributed by atoms with Crippen molar-refractivity contribution >= 4 is 40.7 Å². The summed E-state index contributed by atoms with van der Waals surface area (Å²) in [6.07, 6.45) is 2.21. The number of ether oxygens (including phenoxy) is 2. The number of benzene rings is 2. The SMILES string of the molecule is CCOc1ccc(/C=N/N=C2\NC(=O)C(Cc3ccc(Cl)cc3)S2)cc1OC. The highest BCUT2D eigenvalue weighted by molar-refractivity contribution is 8.15. The second-order valence-corrected chi connectivity index (χ2v) is 7.55. The molecular weight excluding hydrogens is 398 g/mol. The van der Waals surface area contributed by atoms with Gasteiger partial charge in [-0.2, -0.15) is 5.10 Å². The lowest BCUT2D eigenvalue weighted by molar-refractivity contribution is -0.118. The molecule has 0 spiro atoms. The van der Waals surface area contributed by atoms with Crippen molar-refractivity contribution in [3.63, 3.8) is 0 Å². The number of nitrogens with one attached hydrogen (secondary N) is 1. The number of carbonyl (C=O) groups is 1. The van der Waals surface area contributed by atoms with E-state index in [0.29, 0.717) is 34.7 Å². The highest BCUT2D eigenvalue weighted by atomic mass is 35.5. The first-order chi connectivity index (χ1) is 13.6. The summed E-state index contributed by atoms with van der Waals surface area (Å²) in [5.41, 5.74) is 1.86. The molecule has 1 amide bonds. The van der Waals surface area contributed by atoms with Gasteiger partial charge in [0.05, 0.1) is 25.2 Å². The van der Waals surface area contributed by atoms with Gasteiger partial charge >= 0.3 is 0 Å². The molecule has 2 aromatic carbocycles. The Kier molecular flexibility index (Phi) is 6.95. The zero-order valence-corrected chi connectivity index (χ0v) is 17.1. The number of hydrogen-bond acceptors (Lipinski definition) is 6. The second-order valence-electron chi connectivity index (χ2n) is 5.92. The van der Waals surface area contributed by atoms with E-state index in [0.717, 1.165) is 11.1 Å². The summed E-state index contributed by atoms with van der Waals surface area (Å²) in [7, 11) is 1.59. The zero-order valence-electron chi connectivity index (χ0n) is 15.5. The van der Waals surface area contributed by atoms with Gasteiger partial charge in [-0.05, 0) is 54.8 Å². The van der Waals surface area contributed by atoms with Gasteiger partial charge in [-0.3, -0.25) is 4.79 Å². The van der Waals surface area contributed by atoms with Crippen LogP contribution in [0.3, 0.4) is 0 Å². The first-order valence-corrected chi connectivity index (χ1v) is 9.98. The molecule has 3 rings (SSSR count). The molecule has 6 nitrogen and oxygen atoms in total. The fraction of sp³-hybridized carbons (Fsp3) is 0.250. The maximum absolute atomic E-state index is 12.2. The first-order valence-electron chi connectivity index (χ1n) is 8.73. The monoisotopic (exact) mass is 417 g/mol. The highest BCUT2D eigenvalue weighted by Gasteiger charge is 2.30. The van der Waals surface area contributed by atoms with Crippen molar-refractivity contribution in [1.29, 1.82) is 0 Å². The van der Waals surface area contributed by atoms with Crippen molar-refractivity contribution in [3.05, 3.63) is 58.6 Å². The number of thioether (sulfide) groups is 1. The molecule has 8 heteroatoms. The van der Waals surface area contributed by atoms with E-state index in [2.05, 4.69) is 15.5 Å². The molecule has 1 heterocycles. The van der Waals surface area contributed by atoms with Crippen molar-refractivity contribution in [3.8, 4) is 11.5 Å². The molecule has 0 saturated carbocycles. The lowest BCUT2D eigenvalue weighted by atomic mass is 10.1. The Labute approximate surface area is 173 Å². The fourth-order valence-electron chi connectivity index (χ4n) is 2.61. The fourth-order valence-corrected chi connectivity index (χ4v) is 3.70. The number of methoxy groups -OCH3 is 1. The van der Waals surface area contributed by atoms with Crippen LogP contribution in [0.4, 0.5) is 0 Å². The van der Waals surface area contributed by atoms with E-state index < -0.39 is 0 Å². The average Bonchev–Trinajstić information content (AvgIpc) is 3.04. The number of halogens is 1. The van der Waals surface area contributed by atoms with Crippen LogP contribution in [-0.4, -0.2) is 36.3 Å². The molecular formula is C20H20ClN3O3S. The van der Waals surface area contributed by atoms with Gasteiger partial charge in [-0.1, -0.05) is 35.5 Å². The van der Waals surface area contributed by atoms with Crippen molar-refractivity contribution in [2.24, 2.45) is 10.2 Å². The predicted octanol–water partition coefficient (Wildman–Crippen LogP) is 3.91. The van der Waals surface area contributed by atoms with Gasteiger partial charge in [0, 0.05) is 5.02 Å². The molecule has 146 valence electrons. The Bertz CT molecular complexity index is 900. The smallest absolute Gasteiger partial charge is 0.239 e. The Morgan fingerprint density at radius 1 is 1.21 bits per heavy atom. The van der Waals surface area contributed by atoms with Crippen LogP contribution in [0.1, 0.15) is 18.1 Å². The number of rotatable bonds is 7. The molecule has 1 aliphatic rings. The Hall–Kier alpha value is -2.51. The number of amidine groups is 1. The molecule has 28 heavy (non-hydrogen) atoms. The van der Waals surface area contributed by atoms with E-state index in [1.54, 1.807) is 13.3 Å². The summed E-state index contributed by atoms with van der Waals surface area (Å²) in [5, 5.41) is 11.9. The summed E-state index contributed by atoms with van der Waals surface area (Å²) in [6, 6.07) is 13.0. The number of nitrogens with zero attached hydrogens (tertiary/aromatic N) is 2. The molecule has 1 N–H and O–H groups in total. The van der Waals surface area contributed by atoms with Gasteiger partial charge in [-0.25, -0.2) is 0 Å². The zero-order chi connectivity index (χ0) is 19.9. The van der Waals surface area contributed by atoms with Gasteiger partial charge in [0.1, 0.15) is 0 Å². The summed E-state index contributed by atoms with van der Waals surface area (Å²) in [6.45, 7) is 2.48. The van der Waals surface area contributed by atoms with Gasteiger partial charge in [-0.15, -0.1) is 5.10 Å². The Morgan fingerprint density at radius 2 is 2.00 bits per heavy atom. The third-order valence-corrected chi connectivity index (χ3v) is 5.28. The van der Waals surface area contributed by atoms with Crippen LogP contribution >= 0.6 is 23.4 Å². The molecule has 0 aliphatic carbocycles. The lowest BCUT2D eigenvalue weighted by Gasteiger charge is -2.09. The summed E-state index contributed by atoms with van der Waals surface area (Å²) >= 11 is 7.26. The first kappa shape index (κ1) is 20.2. The van der Waals surface area contributed by atoms with Crippen molar-refractivity contribution in [2.75, 3.05) is 13.7 Å². The maximum atomic E-state index is 12.2. The number of hydrogen-bond donors (Lipinski definition) is 1. The van der Waals surface area contributed by atoms with E-state index in [9.17, 15) is 4.79 Å². The van der Waals surface area contributed by atoms with Crippen molar-refractivity contribution in [1.82, 2.24) is 5.32 Å². The molecule has 1 atom stereocenters. The van der Waals surface area contributed by atoms with Crippen LogP contribution in [0.15, 0.2) is 52.7 Å². The van der Waals surface area contributed by atoms with Crippen molar-refractivity contribution in [2.45, 2.75) is 18.6 Å². The molecule has 0 radical (unpaired) electrons. The topological polar surface area (TPSA) is 72.3 Å². The Morgan fingerprint density at radius 3 is 2.71 bits per heavy atom. The van der Waals surface area contributed by atoms with Crippen LogP contribution in [0, 0.1) is 0 Å². The molecule has 1 aliphatic heterocycles. The lowest BCUT2D eigenvalue weighted by Crippen LogP contribution is -2.25. The van der Waals surface area contributed by atoms with Crippen LogP contribution in [-0.2, 0) is 11.2 Å². The van der Waals surface area contributed by atoms with Crippen molar-refractivity contribution < 1.29 is 14.3 Å². The van der Waals surface area contributed by atoms with Crippen LogP contribution in [0.5, 0.6) is 11.5 Å². The molecule has 1 saturated heterocycles. The quantitative estimate of drug-likeness (QED) is 0.547. The summed E-state index contributed by atoms with van der Waals surface area (Å²) in [5.74, 6) is 1.23. The van der Waals surface area contributed by atoms with E-state index in [1.165, 1.54) is 11.8 Å². The maximum Gasteiger partial charge on any atom is 0.239 e. The molecule has 2 aromatic rings. The van der Waals surface area contributed by atoms with E-state index in [-0.39, 0.29) is 11.2 Å². The highest BCUT2D eigenvalue weighted by Crippen LogP contribution is 2.27. The number of amides is 1. The molecule has 0 bridgehead atoms. The van der Waals surface area contributed by atoms with Gasteiger partial charge in [0.15, 0.2) is 16.7 Å². The standard InChI is InChI=1S/C20H20ClN3O3S/c1-3-27-16-9-6-14(10-17(16)26-2)12-22-24-20-23-19(25)18(28-20)11-13-4-7-15(21)8-5-13/h4-10,12,18H,3,11H2,1-2H3,(H,23,24,25)/b22-12+. The molecule has 0 aromatic heterocycles. The van der Waals surface area contributed by atoms with Crippen LogP contribution < -0.4 is 14.8 Å². The third-order valence-electron chi connectivity index (χ3n) is 3.95. The average molecular weight is 418 g/mol. The largest absolute Gasteiger partial charge is 0.493 e. The van der Waals surface area contributed by atoms with E-state index >= 15 is 0 Å². The Balaban J connectivity index is 1.63. The third kappa shape index (κ3) is 5.27. The summed E-state index contributed by atoms with van der Waals surface area (Å²) < 4.78 is 10.8.